The molecular weight excluding hydrogens is 502 g/mol. The van der Waals surface area contributed by atoms with Crippen molar-refractivity contribution in [2.24, 2.45) is 5.92 Å². The van der Waals surface area contributed by atoms with E-state index in [0.29, 0.717) is 24.0 Å². The predicted octanol–water partition coefficient (Wildman–Crippen LogP) is 5.23. The zero-order valence-electron chi connectivity index (χ0n) is 22.2. The Hall–Kier alpha value is -2.52. The molecule has 4 heterocycles. The fourth-order valence-corrected chi connectivity index (χ4v) is 5.55. The van der Waals surface area contributed by atoms with Crippen LogP contribution < -0.4 is 10.2 Å². The third kappa shape index (κ3) is 6.72. The van der Waals surface area contributed by atoms with Crippen LogP contribution in [0.15, 0.2) is 36.8 Å². The Morgan fingerprint density at radius 1 is 1.18 bits per heavy atom. The number of ketones is 1. The number of carbonyl (C=O) groups excluding carboxylic acids is 1. The van der Waals surface area contributed by atoms with E-state index in [-0.39, 0.29) is 18.7 Å². The van der Waals surface area contributed by atoms with Crippen molar-refractivity contribution in [2.75, 3.05) is 37.7 Å². The van der Waals surface area contributed by atoms with Gasteiger partial charge in [-0.15, -0.1) is 0 Å². The third-order valence-electron chi connectivity index (χ3n) is 7.53. The molecular formula is C29H38ClN5O3. The summed E-state index contributed by atoms with van der Waals surface area (Å²) in [5.41, 5.74) is 3.03. The molecule has 2 aromatic heterocycles. The molecule has 0 aliphatic carbocycles. The van der Waals surface area contributed by atoms with Crippen LogP contribution >= 0.6 is 11.6 Å². The highest BCUT2D eigenvalue weighted by Gasteiger charge is 2.22. The maximum Gasteiger partial charge on any atom is 0.225 e. The molecule has 1 aromatic carbocycles. The SMILES string of the molecule is CCCn1cc(CNCC2CCN(c3ncc(C(=O)COC4CCCCO4)cn3)CC2)c2cc(Cl)ccc21. The fraction of sp³-hybridized carbons (Fsp3) is 0.552. The summed E-state index contributed by atoms with van der Waals surface area (Å²) < 4.78 is 13.5. The lowest BCUT2D eigenvalue weighted by molar-refractivity contribution is -0.155. The Morgan fingerprint density at radius 3 is 2.74 bits per heavy atom. The first-order valence-corrected chi connectivity index (χ1v) is 14.3. The Kier molecular flexibility index (Phi) is 9.27. The van der Waals surface area contributed by atoms with Crippen molar-refractivity contribution < 1.29 is 14.3 Å². The van der Waals surface area contributed by atoms with Gasteiger partial charge in [0.05, 0.1) is 5.56 Å². The van der Waals surface area contributed by atoms with Crippen molar-refractivity contribution in [3.8, 4) is 0 Å². The van der Waals surface area contributed by atoms with Gasteiger partial charge in [0.25, 0.3) is 0 Å². The monoisotopic (exact) mass is 539 g/mol. The normalized spacial score (nSPS) is 18.8. The highest BCUT2D eigenvalue weighted by atomic mass is 35.5. The Balaban J connectivity index is 1.07. The van der Waals surface area contributed by atoms with E-state index in [0.717, 1.165) is 76.3 Å². The van der Waals surface area contributed by atoms with E-state index in [4.69, 9.17) is 21.1 Å². The van der Waals surface area contributed by atoms with Crippen LogP contribution in [0.5, 0.6) is 0 Å². The summed E-state index contributed by atoms with van der Waals surface area (Å²) in [5, 5.41) is 5.70. The van der Waals surface area contributed by atoms with E-state index in [1.807, 2.05) is 6.07 Å². The van der Waals surface area contributed by atoms with Gasteiger partial charge < -0.3 is 24.3 Å². The molecule has 0 saturated carbocycles. The molecule has 1 atom stereocenters. The number of rotatable bonds is 11. The van der Waals surface area contributed by atoms with E-state index in [1.165, 1.54) is 16.5 Å². The van der Waals surface area contributed by atoms with Crippen LogP contribution in [0, 0.1) is 5.92 Å². The van der Waals surface area contributed by atoms with Gasteiger partial charge in [-0.05, 0) is 74.8 Å². The summed E-state index contributed by atoms with van der Waals surface area (Å²) in [7, 11) is 0. The Morgan fingerprint density at radius 2 is 2.00 bits per heavy atom. The lowest BCUT2D eigenvalue weighted by atomic mass is 9.97. The minimum atomic E-state index is -0.274. The van der Waals surface area contributed by atoms with Gasteiger partial charge in [-0.3, -0.25) is 4.79 Å². The van der Waals surface area contributed by atoms with Crippen LogP contribution in [-0.2, 0) is 22.6 Å². The highest BCUT2D eigenvalue weighted by Crippen LogP contribution is 2.26. The molecule has 38 heavy (non-hydrogen) atoms. The molecule has 204 valence electrons. The van der Waals surface area contributed by atoms with Crippen LogP contribution in [0.3, 0.4) is 0 Å². The first-order chi connectivity index (χ1) is 18.6. The van der Waals surface area contributed by atoms with Gasteiger partial charge >= 0.3 is 0 Å². The first-order valence-electron chi connectivity index (χ1n) is 13.9. The molecule has 5 rings (SSSR count). The molecule has 9 heteroatoms. The molecule has 2 saturated heterocycles. The van der Waals surface area contributed by atoms with E-state index in [1.54, 1.807) is 12.4 Å². The van der Waals surface area contributed by atoms with Crippen LogP contribution in [-0.4, -0.2) is 59.5 Å². The van der Waals surface area contributed by atoms with Gasteiger partial charge in [0, 0.05) is 67.3 Å². The summed E-state index contributed by atoms with van der Waals surface area (Å²) in [4.78, 5) is 23.6. The summed E-state index contributed by atoms with van der Waals surface area (Å²) in [6.45, 7) is 7.55. The topological polar surface area (TPSA) is 81.5 Å². The molecule has 8 nitrogen and oxygen atoms in total. The number of nitrogens with zero attached hydrogens (tertiary/aromatic N) is 4. The molecule has 3 aromatic rings. The zero-order chi connectivity index (χ0) is 26.3. The molecule has 2 aliphatic rings. The molecule has 0 radical (unpaired) electrons. The third-order valence-corrected chi connectivity index (χ3v) is 7.77. The van der Waals surface area contributed by atoms with Crippen molar-refractivity contribution in [2.45, 2.75) is 64.8 Å². The Bertz CT molecular complexity index is 1200. The second-order valence-electron chi connectivity index (χ2n) is 10.4. The van der Waals surface area contributed by atoms with Gasteiger partial charge in [-0.1, -0.05) is 18.5 Å². The lowest BCUT2D eigenvalue weighted by Crippen LogP contribution is -2.38. The van der Waals surface area contributed by atoms with Crippen LogP contribution in [0.25, 0.3) is 10.9 Å². The maximum absolute atomic E-state index is 12.5. The number of aromatic nitrogens is 3. The standard InChI is InChI=1S/C29H38ClN5O3/c1-2-10-35-19-23(25-14-24(30)6-7-26(25)35)16-31-15-21-8-11-34(12-9-21)29-32-17-22(18-33-29)27(36)20-38-28-5-3-4-13-37-28/h6-7,14,17-19,21,28,31H,2-5,8-13,15-16,20H2,1H3. The number of Topliss-reactive ketones (excluding diaryl/α,β-unsaturated/α-hetero) is 1. The summed E-state index contributed by atoms with van der Waals surface area (Å²) >= 11 is 6.29. The van der Waals surface area contributed by atoms with Gasteiger partial charge in [-0.25, -0.2) is 9.97 Å². The molecule has 0 bridgehead atoms. The van der Waals surface area contributed by atoms with Crippen LogP contribution in [0.2, 0.25) is 5.02 Å². The molecule has 1 N–H and O–H groups in total. The number of ether oxygens (including phenoxy) is 2. The first kappa shape index (κ1) is 27.1. The van der Waals surface area contributed by atoms with E-state index < -0.39 is 0 Å². The number of anilines is 1. The van der Waals surface area contributed by atoms with Gasteiger partial charge in [0.15, 0.2) is 12.1 Å². The van der Waals surface area contributed by atoms with Crippen molar-refractivity contribution >= 4 is 34.2 Å². The van der Waals surface area contributed by atoms with Gasteiger partial charge in [0.2, 0.25) is 5.95 Å². The number of halogens is 1. The van der Waals surface area contributed by atoms with E-state index in [9.17, 15) is 4.79 Å². The van der Waals surface area contributed by atoms with Crippen molar-refractivity contribution in [1.29, 1.82) is 0 Å². The Labute approximate surface area is 229 Å². The zero-order valence-corrected chi connectivity index (χ0v) is 23.0. The van der Waals surface area contributed by atoms with Gasteiger partial charge in [0.1, 0.15) is 6.61 Å². The predicted molar refractivity (Wildman–Crippen MR) is 150 cm³/mol. The number of fused-ring (bicyclic) bond motifs is 1. The minimum absolute atomic E-state index is 0.00205. The summed E-state index contributed by atoms with van der Waals surface area (Å²) in [5.74, 6) is 1.18. The lowest BCUT2D eigenvalue weighted by Gasteiger charge is -2.32. The smallest absolute Gasteiger partial charge is 0.225 e. The number of hydrogen-bond donors (Lipinski definition) is 1. The van der Waals surface area contributed by atoms with Crippen molar-refractivity contribution in [1.82, 2.24) is 19.9 Å². The average molecular weight is 540 g/mol. The van der Waals surface area contributed by atoms with E-state index >= 15 is 0 Å². The number of hydrogen-bond acceptors (Lipinski definition) is 7. The number of piperidine rings is 1. The molecule has 2 aliphatic heterocycles. The van der Waals surface area contributed by atoms with Crippen LogP contribution in [0.1, 0.15) is 61.4 Å². The summed E-state index contributed by atoms with van der Waals surface area (Å²) in [6, 6.07) is 6.17. The van der Waals surface area contributed by atoms with Gasteiger partial charge in [-0.2, -0.15) is 0 Å². The second kappa shape index (κ2) is 13.0. The number of benzene rings is 1. The van der Waals surface area contributed by atoms with Crippen LogP contribution in [0.4, 0.5) is 5.95 Å². The maximum atomic E-state index is 12.5. The summed E-state index contributed by atoms with van der Waals surface area (Å²) in [6.07, 6.45) is 11.4. The quantitative estimate of drug-likeness (QED) is 0.334. The van der Waals surface area contributed by atoms with E-state index in [2.05, 4.69) is 50.0 Å². The second-order valence-corrected chi connectivity index (χ2v) is 10.8. The fourth-order valence-electron chi connectivity index (χ4n) is 5.38. The largest absolute Gasteiger partial charge is 0.353 e. The highest BCUT2D eigenvalue weighted by molar-refractivity contribution is 6.31. The van der Waals surface area contributed by atoms with Crippen molar-refractivity contribution in [3.05, 3.63) is 52.9 Å². The number of aryl methyl sites for hydroxylation is 1. The molecule has 2 fully saturated rings. The minimum Gasteiger partial charge on any atom is -0.353 e. The number of nitrogens with one attached hydrogen (secondary N) is 1. The molecule has 0 spiro atoms. The number of carbonyl (C=O) groups is 1. The molecule has 1 unspecified atom stereocenters. The average Bonchev–Trinajstić information content (AvgIpc) is 3.29. The molecule has 0 amide bonds. The van der Waals surface area contributed by atoms with Crippen molar-refractivity contribution in [3.63, 3.8) is 0 Å².